The molecule has 0 saturated heterocycles. The Morgan fingerprint density at radius 2 is 2.05 bits per heavy atom. The van der Waals surface area contributed by atoms with Crippen LogP contribution in [0.4, 0.5) is 5.13 Å². The highest BCUT2D eigenvalue weighted by Gasteiger charge is 2.23. The van der Waals surface area contributed by atoms with E-state index in [0.29, 0.717) is 6.61 Å². The lowest BCUT2D eigenvalue weighted by Crippen LogP contribution is -2.09. The maximum absolute atomic E-state index is 6.16. The van der Waals surface area contributed by atoms with Gasteiger partial charge in [0.2, 0.25) is 0 Å². The quantitative estimate of drug-likeness (QED) is 0.927. The van der Waals surface area contributed by atoms with Gasteiger partial charge in [0.05, 0.1) is 12.3 Å². The summed E-state index contributed by atoms with van der Waals surface area (Å²) < 4.78 is 12.0. The molecule has 1 aliphatic heterocycles. The first-order valence-electron chi connectivity index (χ1n) is 7.27. The molecule has 2 aromatic rings. The third-order valence-electron chi connectivity index (χ3n) is 3.65. The van der Waals surface area contributed by atoms with E-state index in [1.165, 1.54) is 11.1 Å². The Kier molecular flexibility index (Phi) is 4.01. The molecule has 0 bridgehead atoms. The Bertz CT molecular complexity index is 639. The van der Waals surface area contributed by atoms with Gasteiger partial charge in [-0.05, 0) is 44.0 Å². The lowest BCUT2D eigenvalue weighted by atomic mass is 10.1. The third kappa shape index (κ3) is 2.97. The number of aryl methyl sites for hydroxylation is 2. The average Bonchev–Trinajstić information content (AvgIpc) is 2.82. The Hall–Kier alpha value is -1.75. The zero-order valence-corrected chi connectivity index (χ0v) is 13.4. The molecule has 0 radical (unpaired) electrons. The van der Waals surface area contributed by atoms with Crippen molar-refractivity contribution in [3.05, 3.63) is 34.3 Å². The van der Waals surface area contributed by atoms with Crippen LogP contribution in [0.1, 0.15) is 36.3 Å². The molecular weight excluding hydrogens is 284 g/mol. The number of anilines is 1. The average molecular weight is 304 g/mol. The monoisotopic (exact) mass is 304 g/mol. The van der Waals surface area contributed by atoms with Crippen molar-refractivity contribution >= 4 is 16.5 Å². The van der Waals surface area contributed by atoms with Crippen molar-refractivity contribution < 1.29 is 9.47 Å². The van der Waals surface area contributed by atoms with Crippen LogP contribution < -0.4 is 14.8 Å². The maximum atomic E-state index is 6.16. The second-order valence-electron chi connectivity index (χ2n) is 5.23. The van der Waals surface area contributed by atoms with Gasteiger partial charge in [0.25, 0.3) is 0 Å². The highest BCUT2D eigenvalue weighted by Crippen LogP contribution is 2.38. The molecule has 1 aliphatic rings. The fourth-order valence-corrected chi connectivity index (χ4v) is 3.15. The number of rotatable bonds is 3. The molecule has 0 saturated carbocycles. The van der Waals surface area contributed by atoms with Gasteiger partial charge in [-0.2, -0.15) is 0 Å². The summed E-state index contributed by atoms with van der Waals surface area (Å²) in [6.45, 7) is 7.77. The number of benzene rings is 1. The zero-order chi connectivity index (χ0) is 14.8. The summed E-state index contributed by atoms with van der Waals surface area (Å²) in [5.74, 6) is 1.65. The fourth-order valence-electron chi connectivity index (χ4n) is 2.33. The van der Waals surface area contributed by atoms with Crippen LogP contribution in [0.25, 0.3) is 0 Å². The minimum absolute atomic E-state index is 0.0444. The van der Waals surface area contributed by atoms with E-state index < -0.39 is 0 Å². The highest BCUT2D eigenvalue weighted by atomic mass is 32.1. The highest BCUT2D eigenvalue weighted by molar-refractivity contribution is 7.13. The van der Waals surface area contributed by atoms with E-state index in [9.17, 15) is 0 Å². The summed E-state index contributed by atoms with van der Waals surface area (Å²) in [6.07, 6.45) is 0.763. The lowest BCUT2D eigenvalue weighted by molar-refractivity contribution is 0.191. The number of nitrogens with one attached hydrogen (secondary N) is 1. The first-order valence-corrected chi connectivity index (χ1v) is 8.15. The van der Waals surface area contributed by atoms with Crippen LogP contribution >= 0.6 is 11.3 Å². The predicted octanol–water partition coefficient (Wildman–Crippen LogP) is 4.09. The molecule has 0 amide bonds. The van der Waals surface area contributed by atoms with Gasteiger partial charge in [-0.25, -0.2) is 4.98 Å². The Morgan fingerprint density at radius 3 is 2.81 bits per heavy atom. The van der Waals surface area contributed by atoms with Crippen LogP contribution in [0.15, 0.2) is 17.5 Å². The van der Waals surface area contributed by atoms with Gasteiger partial charge >= 0.3 is 0 Å². The maximum Gasteiger partial charge on any atom is 0.182 e. The first kappa shape index (κ1) is 14.2. The van der Waals surface area contributed by atoms with Crippen LogP contribution in [0.5, 0.6) is 11.5 Å². The topological polar surface area (TPSA) is 43.4 Å². The van der Waals surface area contributed by atoms with E-state index in [1.807, 2.05) is 0 Å². The largest absolute Gasteiger partial charge is 0.490 e. The molecule has 112 valence electrons. The number of ether oxygens (including phenoxy) is 2. The van der Waals surface area contributed by atoms with E-state index in [1.54, 1.807) is 11.3 Å². The number of nitrogens with zero attached hydrogens (tertiary/aromatic N) is 1. The Labute approximate surface area is 129 Å². The Morgan fingerprint density at radius 1 is 1.29 bits per heavy atom. The number of aromatic nitrogens is 1. The SMILES string of the molecule is CCNc1nc(C2CCOc3cc(C)c(C)cc3O2)cs1. The molecule has 0 fully saturated rings. The number of fused-ring (bicyclic) bond motifs is 1. The lowest BCUT2D eigenvalue weighted by Gasteiger charge is -2.15. The fraction of sp³-hybridized carbons (Fsp3) is 0.438. The van der Waals surface area contributed by atoms with Crippen molar-refractivity contribution in [1.82, 2.24) is 4.98 Å². The van der Waals surface area contributed by atoms with Crippen LogP contribution in [0.2, 0.25) is 0 Å². The minimum Gasteiger partial charge on any atom is -0.490 e. The van der Waals surface area contributed by atoms with Crippen molar-refractivity contribution in [2.24, 2.45) is 0 Å². The van der Waals surface area contributed by atoms with Crippen LogP contribution in [0.3, 0.4) is 0 Å². The molecule has 1 unspecified atom stereocenters. The van der Waals surface area contributed by atoms with Crippen molar-refractivity contribution in [3.8, 4) is 11.5 Å². The second-order valence-corrected chi connectivity index (χ2v) is 6.09. The van der Waals surface area contributed by atoms with Gasteiger partial charge in [-0.15, -0.1) is 11.3 Å². The van der Waals surface area contributed by atoms with Crippen molar-refractivity contribution in [1.29, 1.82) is 0 Å². The Balaban J connectivity index is 1.86. The van der Waals surface area contributed by atoms with Crippen LogP contribution in [-0.4, -0.2) is 18.1 Å². The smallest absolute Gasteiger partial charge is 0.182 e. The molecule has 1 aromatic carbocycles. The molecule has 4 nitrogen and oxygen atoms in total. The predicted molar refractivity (Wildman–Crippen MR) is 85.7 cm³/mol. The van der Waals surface area contributed by atoms with Gasteiger partial charge in [0.1, 0.15) is 6.10 Å². The number of thiazole rings is 1. The normalized spacial score (nSPS) is 17.4. The molecule has 1 N–H and O–H groups in total. The molecule has 1 aromatic heterocycles. The molecule has 5 heteroatoms. The summed E-state index contributed by atoms with van der Waals surface area (Å²) in [5.41, 5.74) is 3.41. The van der Waals surface area contributed by atoms with Crippen LogP contribution in [-0.2, 0) is 0 Å². The summed E-state index contributed by atoms with van der Waals surface area (Å²) in [7, 11) is 0. The van der Waals surface area contributed by atoms with E-state index in [2.05, 4.69) is 48.6 Å². The summed E-state index contributed by atoms with van der Waals surface area (Å²) in [4.78, 5) is 4.61. The van der Waals surface area contributed by atoms with Gasteiger partial charge < -0.3 is 14.8 Å². The molecule has 0 aliphatic carbocycles. The van der Waals surface area contributed by atoms with E-state index in [-0.39, 0.29) is 6.10 Å². The van der Waals surface area contributed by atoms with E-state index in [4.69, 9.17) is 9.47 Å². The van der Waals surface area contributed by atoms with Gasteiger partial charge in [-0.3, -0.25) is 0 Å². The summed E-state index contributed by atoms with van der Waals surface area (Å²) >= 11 is 1.62. The number of hydrogen-bond acceptors (Lipinski definition) is 5. The second kappa shape index (κ2) is 5.93. The molecular formula is C16H20N2O2S. The van der Waals surface area contributed by atoms with Gasteiger partial charge in [0.15, 0.2) is 16.6 Å². The van der Waals surface area contributed by atoms with Crippen molar-refractivity contribution in [2.45, 2.75) is 33.3 Å². The summed E-state index contributed by atoms with van der Waals surface area (Å²) in [6, 6.07) is 4.11. The molecule has 21 heavy (non-hydrogen) atoms. The van der Waals surface area contributed by atoms with Crippen LogP contribution in [0, 0.1) is 13.8 Å². The summed E-state index contributed by atoms with van der Waals surface area (Å²) in [5, 5.41) is 6.25. The molecule has 1 atom stereocenters. The van der Waals surface area contributed by atoms with E-state index >= 15 is 0 Å². The van der Waals surface area contributed by atoms with Gasteiger partial charge in [-0.1, -0.05) is 0 Å². The van der Waals surface area contributed by atoms with Gasteiger partial charge in [0, 0.05) is 18.3 Å². The zero-order valence-electron chi connectivity index (χ0n) is 12.6. The molecule has 0 spiro atoms. The number of hydrogen-bond donors (Lipinski definition) is 1. The van der Waals surface area contributed by atoms with Crippen molar-refractivity contribution in [3.63, 3.8) is 0 Å². The van der Waals surface area contributed by atoms with Crippen molar-refractivity contribution in [2.75, 3.05) is 18.5 Å². The first-order chi connectivity index (χ1) is 10.2. The molecule has 2 heterocycles. The molecule has 3 rings (SSSR count). The van der Waals surface area contributed by atoms with E-state index in [0.717, 1.165) is 35.3 Å². The standard InChI is InChI=1S/C16H20N2O2S/c1-4-17-16-18-12(9-21-16)13-5-6-19-14-7-10(2)11(3)8-15(14)20-13/h7-9,13H,4-6H2,1-3H3,(H,17,18). The third-order valence-corrected chi connectivity index (χ3v) is 4.46. The minimum atomic E-state index is -0.0444.